The van der Waals surface area contributed by atoms with E-state index in [2.05, 4.69) is 5.43 Å². The zero-order valence-electron chi connectivity index (χ0n) is 13.0. The molecule has 0 spiro atoms. The Labute approximate surface area is 130 Å². The van der Waals surface area contributed by atoms with E-state index in [4.69, 9.17) is 10.6 Å². The van der Waals surface area contributed by atoms with Gasteiger partial charge in [-0.25, -0.2) is 5.84 Å². The van der Waals surface area contributed by atoms with Gasteiger partial charge in [0.25, 0.3) is 5.91 Å². The molecular formula is C16H23N3O3. The number of carbonyl (C=O) groups is 2. The summed E-state index contributed by atoms with van der Waals surface area (Å²) in [6.45, 7) is 4.98. The van der Waals surface area contributed by atoms with Gasteiger partial charge < -0.3 is 9.64 Å². The lowest BCUT2D eigenvalue weighted by atomic mass is 9.97. The fraction of sp³-hybridized carbons (Fsp3) is 0.500. The average Bonchev–Trinajstić information content (AvgIpc) is 2.53. The summed E-state index contributed by atoms with van der Waals surface area (Å²) in [4.78, 5) is 25.9. The molecule has 6 nitrogen and oxygen atoms in total. The Morgan fingerprint density at radius 2 is 2.00 bits per heavy atom. The molecular weight excluding hydrogens is 282 g/mol. The highest BCUT2D eigenvalue weighted by Gasteiger charge is 2.28. The van der Waals surface area contributed by atoms with Crippen LogP contribution < -0.4 is 16.0 Å². The molecule has 1 heterocycles. The third-order valence-electron chi connectivity index (χ3n) is 3.69. The van der Waals surface area contributed by atoms with Gasteiger partial charge in [0.1, 0.15) is 5.75 Å². The van der Waals surface area contributed by atoms with Crippen molar-refractivity contribution in [2.75, 3.05) is 13.1 Å². The minimum Gasteiger partial charge on any atom is -0.491 e. The maximum atomic E-state index is 12.5. The van der Waals surface area contributed by atoms with Crippen LogP contribution in [0.1, 0.15) is 37.0 Å². The first kappa shape index (κ1) is 16.3. The Morgan fingerprint density at radius 1 is 1.32 bits per heavy atom. The molecule has 0 saturated carbocycles. The number of hydrazine groups is 1. The summed E-state index contributed by atoms with van der Waals surface area (Å²) < 4.78 is 5.57. The highest BCUT2D eigenvalue weighted by atomic mass is 16.5. The number of nitrogens with one attached hydrogen (secondary N) is 1. The quantitative estimate of drug-likeness (QED) is 0.499. The summed E-state index contributed by atoms with van der Waals surface area (Å²) in [7, 11) is 0. The van der Waals surface area contributed by atoms with Crippen LogP contribution in [0, 0.1) is 5.92 Å². The van der Waals surface area contributed by atoms with Crippen molar-refractivity contribution < 1.29 is 14.3 Å². The SMILES string of the molecule is CC(C)Oc1ccc(C(=O)N2CCCC(C(=O)NN)C2)cc1. The van der Waals surface area contributed by atoms with E-state index in [0.29, 0.717) is 18.7 Å². The van der Waals surface area contributed by atoms with Gasteiger partial charge in [0.05, 0.1) is 12.0 Å². The molecule has 1 aromatic carbocycles. The summed E-state index contributed by atoms with van der Waals surface area (Å²) in [5.74, 6) is 5.41. The van der Waals surface area contributed by atoms with Crippen LogP contribution >= 0.6 is 0 Å². The van der Waals surface area contributed by atoms with Crippen LogP contribution in [0.15, 0.2) is 24.3 Å². The Balaban J connectivity index is 2.02. The van der Waals surface area contributed by atoms with Crippen molar-refractivity contribution in [3.63, 3.8) is 0 Å². The molecule has 120 valence electrons. The molecule has 2 amide bonds. The Kier molecular flexibility index (Phi) is 5.38. The number of likely N-dealkylation sites (tertiary alicyclic amines) is 1. The van der Waals surface area contributed by atoms with E-state index in [1.807, 2.05) is 13.8 Å². The summed E-state index contributed by atoms with van der Waals surface area (Å²) in [5, 5.41) is 0. The number of ether oxygens (including phenoxy) is 1. The Bertz CT molecular complexity index is 528. The summed E-state index contributed by atoms with van der Waals surface area (Å²) >= 11 is 0. The molecule has 0 radical (unpaired) electrons. The van der Waals surface area contributed by atoms with E-state index in [-0.39, 0.29) is 23.8 Å². The van der Waals surface area contributed by atoms with Gasteiger partial charge in [-0.15, -0.1) is 0 Å². The van der Waals surface area contributed by atoms with Crippen molar-refractivity contribution in [3.05, 3.63) is 29.8 Å². The molecule has 1 aliphatic heterocycles. The minimum absolute atomic E-state index is 0.0642. The van der Waals surface area contributed by atoms with Crippen molar-refractivity contribution >= 4 is 11.8 Å². The van der Waals surface area contributed by atoms with Crippen LogP contribution in [-0.2, 0) is 4.79 Å². The number of nitrogens with two attached hydrogens (primary N) is 1. The maximum Gasteiger partial charge on any atom is 0.253 e. The summed E-state index contributed by atoms with van der Waals surface area (Å²) in [6, 6.07) is 7.10. The first-order chi connectivity index (χ1) is 10.5. The maximum absolute atomic E-state index is 12.5. The van der Waals surface area contributed by atoms with E-state index in [0.717, 1.165) is 18.6 Å². The van der Waals surface area contributed by atoms with Crippen molar-refractivity contribution in [2.45, 2.75) is 32.8 Å². The number of hydrogen-bond acceptors (Lipinski definition) is 4. The lowest BCUT2D eigenvalue weighted by molar-refractivity contribution is -0.126. The van der Waals surface area contributed by atoms with Crippen LogP contribution in [-0.4, -0.2) is 35.9 Å². The lowest BCUT2D eigenvalue weighted by Gasteiger charge is -2.31. The number of rotatable bonds is 4. The van der Waals surface area contributed by atoms with E-state index in [1.165, 1.54) is 0 Å². The van der Waals surface area contributed by atoms with E-state index in [9.17, 15) is 9.59 Å². The Morgan fingerprint density at radius 3 is 2.59 bits per heavy atom. The molecule has 6 heteroatoms. The van der Waals surface area contributed by atoms with Crippen LogP contribution in [0.4, 0.5) is 0 Å². The van der Waals surface area contributed by atoms with Gasteiger partial charge in [-0.3, -0.25) is 15.0 Å². The van der Waals surface area contributed by atoms with Crippen LogP contribution in [0.2, 0.25) is 0 Å². The van der Waals surface area contributed by atoms with Gasteiger partial charge in [-0.05, 0) is 51.0 Å². The summed E-state index contributed by atoms with van der Waals surface area (Å²) in [6.07, 6.45) is 1.66. The second-order valence-corrected chi connectivity index (χ2v) is 5.79. The largest absolute Gasteiger partial charge is 0.491 e. The number of hydrogen-bond donors (Lipinski definition) is 2. The van der Waals surface area contributed by atoms with Crippen LogP contribution in [0.25, 0.3) is 0 Å². The van der Waals surface area contributed by atoms with Gasteiger partial charge in [-0.1, -0.05) is 0 Å². The molecule has 0 bridgehead atoms. The van der Waals surface area contributed by atoms with Gasteiger partial charge >= 0.3 is 0 Å². The van der Waals surface area contributed by atoms with Crippen LogP contribution in [0.5, 0.6) is 5.75 Å². The fourth-order valence-electron chi connectivity index (χ4n) is 2.62. The van der Waals surface area contributed by atoms with Crippen molar-refractivity contribution in [1.29, 1.82) is 0 Å². The number of nitrogens with zero attached hydrogens (tertiary/aromatic N) is 1. The molecule has 3 N–H and O–H groups in total. The number of carbonyl (C=O) groups excluding carboxylic acids is 2. The molecule has 1 saturated heterocycles. The van der Waals surface area contributed by atoms with Gasteiger partial charge in [0, 0.05) is 18.7 Å². The van der Waals surface area contributed by atoms with Crippen molar-refractivity contribution in [3.8, 4) is 5.75 Å². The fourth-order valence-corrected chi connectivity index (χ4v) is 2.62. The monoisotopic (exact) mass is 305 g/mol. The predicted octanol–water partition coefficient (Wildman–Crippen LogP) is 1.32. The first-order valence-electron chi connectivity index (χ1n) is 7.57. The van der Waals surface area contributed by atoms with Crippen LogP contribution in [0.3, 0.4) is 0 Å². The van der Waals surface area contributed by atoms with Gasteiger partial charge in [-0.2, -0.15) is 0 Å². The number of amides is 2. The smallest absolute Gasteiger partial charge is 0.253 e. The second kappa shape index (κ2) is 7.26. The van der Waals surface area contributed by atoms with E-state index in [1.54, 1.807) is 29.2 Å². The standard InChI is InChI=1S/C16H23N3O3/c1-11(2)22-14-7-5-12(6-8-14)16(21)19-9-3-4-13(10-19)15(20)18-17/h5-8,11,13H,3-4,9-10,17H2,1-2H3,(H,18,20). The molecule has 1 aliphatic rings. The first-order valence-corrected chi connectivity index (χ1v) is 7.57. The van der Waals surface area contributed by atoms with Crippen molar-refractivity contribution in [2.24, 2.45) is 11.8 Å². The lowest BCUT2D eigenvalue weighted by Crippen LogP contribution is -2.46. The van der Waals surface area contributed by atoms with Gasteiger partial charge in [0.15, 0.2) is 0 Å². The topological polar surface area (TPSA) is 84.7 Å². The zero-order valence-corrected chi connectivity index (χ0v) is 13.0. The molecule has 22 heavy (non-hydrogen) atoms. The third kappa shape index (κ3) is 3.98. The summed E-state index contributed by atoms with van der Waals surface area (Å²) in [5.41, 5.74) is 2.77. The van der Waals surface area contributed by atoms with Gasteiger partial charge in [0.2, 0.25) is 5.91 Å². The normalized spacial score (nSPS) is 18.2. The molecule has 0 aliphatic carbocycles. The number of piperidine rings is 1. The van der Waals surface area contributed by atoms with E-state index >= 15 is 0 Å². The average molecular weight is 305 g/mol. The molecule has 1 unspecified atom stereocenters. The minimum atomic E-state index is -0.230. The number of benzene rings is 1. The molecule has 0 aromatic heterocycles. The third-order valence-corrected chi connectivity index (χ3v) is 3.69. The predicted molar refractivity (Wildman–Crippen MR) is 83.2 cm³/mol. The highest BCUT2D eigenvalue weighted by Crippen LogP contribution is 2.20. The molecule has 1 atom stereocenters. The second-order valence-electron chi connectivity index (χ2n) is 5.79. The van der Waals surface area contributed by atoms with Crippen molar-refractivity contribution in [1.82, 2.24) is 10.3 Å². The highest BCUT2D eigenvalue weighted by molar-refractivity contribution is 5.94. The zero-order chi connectivity index (χ0) is 16.1. The molecule has 1 aromatic rings. The molecule has 1 fully saturated rings. The Hall–Kier alpha value is -2.08. The molecule has 2 rings (SSSR count). The van der Waals surface area contributed by atoms with E-state index < -0.39 is 0 Å².